The van der Waals surface area contributed by atoms with E-state index in [-0.39, 0.29) is 5.91 Å². The van der Waals surface area contributed by atoms with Crippen LogP contribution in [0, 0.1) is 11.8 Å². The molecule has 1 amide bonds. The van der Waals surface area contributed by atoms with E-state index in [0.717, 1.165) is 33.2 Å². The number of anilines is 1. The summed E-state index contributed by atoms with van der Waals surface area (Å²) in [6.07, 6.45) is 0. The van der Waals surface area contributed by atoms with Gasteiger partial charge in [0.2, 0.25) is 0 Å². The highest BCUT2D eigenvalue weighted by Crippen LogP contribution is 2.27. The minimum atomic E-state index is -0.135. The SMILES string of the molecule is O=C(Nc1cccc(C#Cc2ccccc2)c1)c1ccccc1SCc1cscn1. The van der Waals surface area contributed by atoms with Gasteiger partial charge in [0.1, 0.15) is 0 Å². The van der Waals surface area contributed by atoms with Crippen molar-refractivity contribution in [3.05, 3.63) is 112 Å². The molecule has 0 spiro atoms. The number of hydrogen-bond acceptors (Lipinski definition) is 4. The third-order valence-corrected chi connectivity index (χ3v) is 5.98. The lowest BCUT2D eigenvalue weighted by molar-refractivity contribution is 0.102. The largest absolute Gasteiger partial charge is 0.322 e. The molecule has 3 nitrogen and oxygen atoms in total. The molecule has 5 heteroatoms. The standard InChI is InChI=1S/C25H18N2OS2/c28-25(23-11-4-5-12-24(23)30-17-22-16-29-18-26-22)27-21-10-6-9-20(15-21)14-13-19-7-2-1-3-8-19/h1-12,15-16,18H,17H2,(H,27,28). The summed E-state index contributed by atoms with van der Waals surface area (Å²) in [5.74, 6) is 6.89. The second kappa shape index (κ2) is 9.93. The van der Waals surface area contributed by atoms with Crippen molar-refractivity contribution in [3.63, 3.8) is 0 Å². The first-order valence-corrected chi connectivity index (χ1v) is 11.3. The molecule has 3 aromatic carbocycles. The quantitative estimate of drug-likeness (QED) is 0.310. The van der Waals surface area contributed by atoms with E-state index in [9.17, 15) is 4.79 Å². The molecule has 0 aliphatic rings. The van der Waals surface area contributed by atoms with Crippen LogP contribution in [0.5, 0.6) is 0 Å². The monoisotopic (exact) mass is 426 g/mol. The van der Waals surface area contributed by atoms with Crippen LogP contribution in [0.3, 0.4) is 0 Å². The van der Waals surface area contributed by atoms with Crippen molar-refractivity contribution < 1.29 is 4.79 Å². The molecule has 0 aliphatic heterocycles. The second-order valence-corrected chi connectivity index (χ2v) is 8.15. The van der Waals surface area contributed by atoms with Crippen LogP contribution in [-0.4, -0.2) is 10.9 Å². The molecule has 0 saturated heterocycles. The summed E-state index contributed by atoms with van der Waals surface area (Å²) in [5.41, 5.74) is 6.02. The maximum atomic E-state index is 12.9. The Morgan fingerprint density at radius 3 is 2.53 bits per heavy atom. The molecule has 1 N–H and O–H groups in total. The van der Waals surface area contributed by atoms with E-state index in [1.807, 2.05) is 89.8 Å². The molecule has 0 aliphatic carbocycles. The van der Waals surface area contributed by atoms with Crippen LogP contribution in [0.4, 0.5) is 5.69 Å². The number of thioether (sulfide) groups is 1. The van der Waals surface area contributed by atoms with Crippen molar-refractivity contribution in [2.24, 2.45) is 0 Å². The molecule has 0 radical (unpaired) electrons. The molecular formula is C25H18N2OS2. The molecule has 4 rings (SSSR count). The summed E-state index contributed by atoms with van der Waals surface area (Å²) in [4.78, 5) is 18.2. The molecule has 0 bridgehead atoms. The highest BCUT2D eigenvalue weighted by molar-refractivity contribution is 7.98. The second-order valence-electron chi connectivity index (χ2n) is 6.42. The molecule has 30 heavy (non-hydrogen) atoms. The van der Waals surface area contributed by atoms with Gasteiger partial charge in [0.05, 0.1) is 16.8 Å². The molecule has 1 heterocycles. The third kappa shape index (κ3) is 5.38. The molecular weight excluding hydrogens is 408 g/mol. The van der Waals surface area contributed by atoms with Crippen molar-refractivity contribution >= 4 is 34.7 Å². The van der Waals surface area contributed by atoms with Crippen molar-refractivity contribution in [1.82, 2.24) is 4.98 Å². The van der Waals surface area contributed by atoms with Crippen LogP contribution in [-0.2, 0) is 5.75 Å². The van der Waals surface area contributed by atoms with Gasteiger partial charge in [0.15, 0.2) is 0 Å². The summed E-state index contributed by atoms with van der Waals surface area (Å²) < 4.78 is 0. The van der Waals surface area contributed by atoms with Crippen LogP contribution in [0.2, 0.25) is 0 Å². The van der Waals surface area contributed by atoms with E-state index < -0.39 is 0 Å². The number of amides is 1. The van der Waals surface area contributed by atoms with E-state index in [0.29, 0.717) is 5.56 Å². The molecule has 0 unspecified atom stereocenters. The van der Waals surface area contributed by atoms with Gasteiger partial charge in [-0.2, -0.15) is 0 Å². The number of thiazole rings is 1. The van der Waals surface area contributed by atoms with E-state index in [1.54, 1.807) is 23.1 Å². The number of rotatable bonds is 5. The van der Waals surface area contributed by atoms with Gasteiger partial charge in [-0.05, 0) is 42.5 Å². The van der Waals surface area contributed by atoms with Crippen LogP contribution in [0.25, 0.3) is 0 Å². The smallest absolute Gasteiger partial charge is 0.256 e. The highest BCUT2D eigenvalue weighted by atomic mass is 32.2. The summed E-state index contributed by atoms with van der Waals surface area (Å²) >= 11 is 3.19. The van der Waals surface area contributed by atoms with Crippen molar-refractivity contribution in [3.8, 4) is 11.8 Å². The van der Waals surface area contributed by atoms with E-state index in [4.69, 9.17) is 0 Å². The Morgan fingerprint density at radius 1 is 0.933 bits per heavy atom. The van der Waals surface area contributed by atoms with Crippen molar-refractivity contribution in [2.45, 2.75) is 10.6 Å². The van der Waals surface area contributed by atoms with Gasteiger partial charge in [-0.3, -0.25) is 4.79 Å². The number of nitrogens with zero attached hydrogens (tertiary/aromatic N) is 1. The lowest BCUT2D eigenvalue weighted by Crippen LogP contribution is -2.13. The number of hydrogen-bond donors (Lipinski definition) is 1. The molecule has 0 saturated carbocycles. The zero-order valence-electron chi connectivity index (χ0n) is 16.0. The van der Waals surface area contributed by atoms with Gasteiger partial charge < -0.3 is 5.32 Å². The summed E-state index contributed by atoms with van der Waals surface area (Å²) in [6.45, 7) is 0. The third-order valence-electron chi connectivity index (χ3n) is 4.24. The first-order valence-electron chi connectivity index (χ1n) is 9.35. The van der Waals surface area contributed by atoms with Gasteiger partial charge >= 0.3 is 0 Å². The van der Waals surface area contributed by atoms with Gasteiger partial charge in [0.25, 0.3) is 5.91 Å². The van der Waals surface area contributed by atoms with Crippen molar-refractivity contribution in [1.29, 1.82) is 0 Å². The first-order chi connectivity index (χ1) is 14.8. The molecule has 146 valence electrons. The van der Waals surface area contributed by atoms with Crippen molar-refractivity contribution in [2.75, 3.05) is 5.32 Å². The zero-order valence-corrected chi connectivity index (χ0v) is 17.7. The summed E-state index contributed by atoms with van der Waals surface area (Å²) in [5, 5.41) is 5.02. The topological polar surface area (TPSA) is 42.0 Å². The van der Waals surface area contributed by atoms with Gasteiger partial charge in [-0.1, -0.05) is 48.2 Å². The number of benzene rings is 3. The maximum Gasteiger partial charge on any atom is 0.256 e. The Labute approximate surface area is 184 Å². The number of aromatic nitrogens is 1. The zero-order chi connectivity index (χ0) is 20.6. The fourth-order valence-corrected chi connectivity index (χ4v) is 4.40. The Bertz CT molecular complexity index is 1190. The van der Waals surface area contributed by atoms with Crippen LogP contribution in [0.15, 0.2) is 94.6 Å². The van der Waals surface area contributed by atoms with E-state index >= 15 is 0 Å². The van der Waals surface area contributed by atoms with E-state index in [2.05, 4.69) is 22.1 Å². The summed E-state index contributed by atoms with van der Waals surface area (Å²) in [7, 11) is 0. The Kier molecular flexibility index (Phi) is 6.61. The Balaban J connectivity index is 1.47. The lowest BCUT2D eigenvalue weighted by atomic mass is 10.1. The Hall–Kier alpha value is -3.33. The minimum Gasteiger partial charge on any atom is -0.322 e. The molecule has 0 fully saturated rings. The van der Waals surface area contributed by atoms with Gasteiger partial charge in [-0.15, -0.1) is 23.1 Å². The van der Waals surface area contributed by atoms with Crippen LogP contribution < -0.4 is 5.32 Å². The molecule has 0 atom stereocenters. The fourth-order valence-electron chi connectivity index (χ4n) is 2.78. The predicted octanol–water partition coefficient (Wildman–Crippen LogP) is 6.09. The van der Waals surface area contributed by atoms with Crippen LogP contribution in [0.1, 0.15) is 27.2 Å². The number of carbonyl (C=O) groups is 1. The normalized spacial score (nSPS) is 10.1. The fraction of sp³-hybridized carbons (Fsp3) is 0.0400. The van der Waals surface area contributed by atoms with E-state index in [1.165, 1.54) is 0 Å². The minimum absolute atomic E-state index is 0.135. The number of nitrogens with one attached hydrogen (secondary N) is 1. The predicted molar refractivity (Wildman–Crippen MR) is 125 cm³/mol. The highest BCUT2D eigenvalue weighted by Gasteiger charge is 2.12. The Morgan fingerprint density at radius 2 is 1.70 bits per heavy atom. The molecule has 4 aromatic rings. The van der Waals surface area contributed by atoms with Gasteiger partial charge in [-0.25, -0.2) is 4.98 Å². The lowest BCUT2D eigenvalue weighted by Gasteiger charge is -2.10. The van der Waals surface area contributed by atoms with Crippen LogP contribution >= 0.6 is 23.1 Å². The average Bonchev–Trinajstić information content (AvgIpc) is 3.31. The average molecular weight is 427 g/mol. The first kappa shape index (κ1) is 20.0. The summed E-state index contributed by atoms with van der Waals surface area (Å²) in [6, 6.07) is 25.1. The molecule has 1 aromatic heterocycles. The maximum absolute atomic E-state index is 12.9. The van der Waals surface area contributed by atoms with Gasteiger partial charge in [0, 0.05) is 32.8 Å². The number of carbonyl (C=O) groups excluding carboxylic acids is 1.